The van der Waals surface area contributed by atoms with E-state index in [-0.39, 0.29) is 40.9 Å². The molecule has 1 aromatic heterocycles. The van der Waals surface area contributed by atoms with E-state index in [2.05, 4.69) is 5.10 Å². The molecule has 0 aliphatic rings. The number of nitrogens with zero attached hydrogens (tertiary/aromatic N) is 2. The molecule has 0 saturated carbocycles. The van der Waals surface area contributed by atoms with E-state index in [1.807, 2.05) is 6.92 Å². The van der Waals surface area contributed by atoms with Crippen molar-refractivity contribution in [1.82, 2.24) is 9.78 Å². The Bertz CT molecular complexity index is 934. The first kappa shape index (κ1) is 20.9. The van der Waals surface area contributed by atoms with Crippen molar-refractivity contribution in [1.29, 1.82) is 0 Å². The van der Waals surface area contributed by atoms with Crippen molar-refractivity contribution in [2.75, 3.05) is 26.6 Å². The maximum atomic E-state index is 12.9. The lowest BCUT2D eigenvalue weighted by Crippen LogP contribution is -2.12. The Kier molecular flexibility index (Phi) is 6.61. The third-order valence-electron chi connectivity index (χ3n) is 4.04. The van der Waals surface area contributed by atoms with Crippen LogP contribution in [0.5, 0.6) is 11.6 Å². The normalized spacial score (nSPS) is 11.6. The minimum absolute atomic E-state index is 0.00134. The molecule has 9 heteroatoms. The fourth-order valence-electron chi connectivity index (χ4n) is 2.67. The predicted molar refractivity (Wildman–Crippen MR) is 99.3 cm³/mol. The first-order chi connectivity index (χ1) is 12.7. The van der Waals surface area contributed by atoms with Crippen LogP contribution in [0.15, 0.2) is 23.2 Å². The molecule has 0 bridgehead atoms. The molecule has 0 radical (unpaired) electrons. The van der Waals surface area contributed by atoms with Crippen molar-refractivity contribution in [3.05, 3.63) is 35.0 Å². The molecule has 1 N–H and O–H groups in total. The Balaban J connectivity index is 2.51. The fourth-order valence-corrected chi connectivity index (χ4v) is 3.53. The van der Waals surface area contributed by atoms with Crippen LogP contribution < -0.4 is 4.74 Å². The smallest absolute Gasteiger partial charge is 0.220 e. The highest BCUT2D eigenvalue weighted by Crippen LogP contribution is 2.32. The van der Waals surface area contributed by atoms with E-state index in [0.29, 0.717) is 12.1 Å². The highest BCUT2D eigenvalue weighted by atomic mass is 32.2. The summed E-state index contributed by atoms with van der Waals surface area (Å²) < 4.78 is 36.0. The number of ether oxygens (including phenoxy) is 2. The summed E-state index contributed by atoms with van der Waals surface area (Å²) in [5.74, 6) is -0.555. The van der Waals surface area contributed by atoms with Gasteiger partial charge in [-0.15, -0.1) is 0 Å². The maximum absolute atomic E-state index is 12.9. The molecule has 0 aliphatic carbocycles. The monoisotopic (exact) mass is 396 g/mol. The Morgan fingerprint density at radius 2 is 1.96 bits per heavy atom. The Labute approximate surface area is 158 Å². The van der Waals surface area contributed by atoms with Crippen molar-refractivity contribution in [2.24, 2.45) is 0 Å². The molecule has 2 aromatic rings. The SMILES string of the molecule is CCCn1ncc(C(=O)c2ccc(S(C)(=O)=O)c(OCCOC)c2C)c1O. The van der Waals surface area contributed by atoms with E-state index in [1.54, 1.807) is 6.92 Å². The van der Waals surface area contributed by atoms with Crippen molar-refractivity contribution in [2.45, 2.75) is 31.7 Å². The summed E-state index contributed by atoms with van der Waals surface area (Å²) in [4.78, 5) is 12.9. The molecule has 0 aliphatic heterocycles. The van der Waals surface area contributed by atoms with Gasteiger partial charge in [-0.05, 0) is 25.5 Å². The highest BCUT2D eigenvalue weighted by Gasteiger charge is 2.25. The van der Waals surface area contributed by atoms with E-state index in [4.69, 9.17) is 9.47 Å². The number of aryl methyl sites for hydroxylation is 1. The summed E-state index contributed by atoms with van der Waals surface area (Å²) in [5.41, 5.74) is 0.671. The Hall–Kier alpha value is -2.39. The molecule has 0 amide bonds. The van der Waals surface area contributed by atoms with E-state index in [0.717, 1.165) is 12.7 Å². The second kappa shape index (κ2) is 8.53. The average molecular weight is 396 g/mol. The highest BCUT2D eigenvalue weighted by molar-refractivity contribution is 7.90. The van der Waals surface area contributed by atoms with Crippen LogP contribution in [0.2, 0.25) is 0 Å². The average Bonchev–Trinajstić information content (AvgIpc) is 2.96. The van der Waals surface area contributed by atoms with E-state index in [1.165, 1.54) is 30.1 Å². The van der Waals surface area contributed by atoms with Crippen LogP contribution in [0, 0.1) is 6.92 Å². The number of carbonyl (C=O) groups excluding carboxylic acids is 1. The van der Waals surface area contributed by atoms with Crippen LogP contribution in [0.4, 0.5) is 0 Å². The number of sulfone groups is 1. The second-order valence-electron chi connectivity index (χ2n) is 6.11. The van der Waals surface area contributed by atoms with Gasteiger partial charge in [0.05, 0.1) is 12.8 Å². The number of ketones is 1. The van der Waals surface area contributed by atoms with Gasteiger partial charge in [0.2, 0.25) is 5.88 Å². The predicted octanol–water partition coefficient (Wildman–Crippen LogP) is 1.97. The molecule has 0 saturated heterocycles. The van der Waals surface area contributed by atoms with Gasteiger partial charge in [-0.2, -0.15) is 5.10 Å². The number of aromatic hydroxyl groups is 1. The zero-order chi connectivity index (χ0) is 20.2. The second-order valence-corrected chi connectivity index (χ2v) is 8.10. The fraction of sp³-hybridized carbons (Fsp3) is 0.444. The molecule has 27 heavy (non-hydrogen) atoms. The summed E-state index contributed by atoms with van der Waals surface area (Å²) in [5, 5.41) is 14.3. The van der Waals surface area contributed by atoms with Gasteiger partial charge in [0.25, 0.3) is 0 Å². The van der Waals surface area contributed by atoms with Gasteiger partial charge in [0.15, 0.2) is 15.6 Å². The van der Waals surface area contributed by atoms with Gasteiger partial charge < -0.3 is 14.6 Å². The minimum Gasteiger partial charge on any atom is -0.493 e. The van der Waals surface area contributed by atoms with Gasteiger partial charge >= 0.3 is 0 Å². The van der Waals surface area contributed by atoms with Crippen LogP contribution in [-0.4, -0.2) is 55.7 Å². The van der Waals surface area contributed by atoms with E-state index < -0.39 is 15.6 Å². The Morgan fingerprint density at radius 3 is 2.56 bits per heavy atom. The van der Waals surface area contributed by atoms with E-state index in [9.17, 15) is 18.3 Å². The van der Waals surface area contributed by atoms with Crippen LogP contribution in [0.3, 0.4) is 0 Å². The van der Waals surface area contributed by atoms with Crippen LogP contribution in [0.25, 0.3) is 0 Å². The first-order valence-corrected chi connectivity index (χ1v) is 10.4. The largest absolute Gasteiger partial charge is 0.493 e. The molecule has 148 valence electrons. The zero-order valence-corrected chi connectivity index (χ0v) is 16.7. The molecule has 2 rings (SSSR count). The number of benzene rings is 1. The van der Waals surface area contributed by atoms with Crippen molar-refractivity contribution < 1.29 is 27.8 Å². The summed E-state index contributed by atoms with van der Waals surface area (Å²) in [6, 6.07) is 2.76. The van der Waals surface area contributed by atoms with Crippen LogP contribution in [-0.2, 0) is 21.1 Å². The number of rotatable bonds is 9. The molecular weight excluding hydrogens is 372 g/mol. The van der Waals surface area contributed by atoms with Crippen molar-refractivity contribution >= 4 is 15.6 Å². The summed E-state index contributed by atoms with van der Waals surface area (Å²) in [6.45, 7) is 4.43. The molecule has 8 nitrogen and oxygen atoms in total. The third kappa shape index (κ3) is 4.48. The quantitative estimate of drug-likeness (QED) is 0.510. The molecular formula is C18H24N2O6S. The Morgan fingerprint density at radius 1 is 1.26 bits per heavy atom. The molecule has 0 unspecified atom stereocenters. The molecule has 0 spiro atoms. The number of carbonyl (C=O) groups is 1. The van der Waals surface area contributed by atoms with Gasteiger partial charge in [-0.1, -0.05) is 6.92 Å². The standard InChI is InChI=1S/C18H24N2O6S/c1-5-8-20-18(22)14(11-19-20)16(21)13-6-7-15(27(4,23)24)17(12(13)2)26-10-9-25-3/h6-7,11,22H,5,8-10H2,1-4H3. The zero-order valence-electron chi connectivity index (χ0n) is 15.9. The number of aromatic nitrogens is 2. The van der Waals surface area contributed by atoms with Crippen LogP contribution in [0.1, 0.15) is 34.8 Å². The lowest BCUT2D eigenvalue weighted by Gasteiger charge is -2.15. The van der Waals surface area contributed by atoms with E-state index >= 15 is 0 Å². The first-order valence-electron chi connectivity index (χ1n) is 8.47. The third-order valence-corrected chi connectivity index (χ3v) is 5.16. The number of methoxy groups -OCH3 is 1. The summed E-state index contributed by atoms with van der Waals surface area (Å²) >= 11 is 0. The number of hydrogen-bond donors (Lipinski definition) is 1. The van der Waals surface area contributed by atoms with Crippen LogP contribution >= 0.6 is 0 Å². The molecule has 0 atom stereocenters. The van der Waals surface area contributed by atoms with Crippen molar-refractivity contribution in [3.63, 3.8) is 0 Å². The molecule has 1 aromatic carbocycles. The van der Waals surface area contributed by atoms with Gasteiger partial charge in [-0.25, -0.2) is 13.1 Å². The summed E-state index contributed by atoms with van der Waals surface area (Å²) in [6.07, 6.45) is 3.14. The van der Waals surface area contributed by atoms with Gasteiger partial charge in [0, 0.05) is 31.0 Å². The molecule has 1 heterocycles. The topological polar surface area (TPSA) is 108 Å². The van der Waals surface area contributed by atoms with Crippen molar-refractivity contribution in [3.8, 4) is 11.6 Å². The minimum atomic E-state index is -3.55. The maximum Gasteiger partial charge on any atom is 0.220 e. The molecule has 0 fully saturated rings. The number of hydrogen-bond acceptors (Lipinski definition) is 7. The lowest BCUT2D eigenvalue weighted by atomic mass is 10.00. The lowest BCUT2D eigenvalue weighted by molar-refractivity contribution is 0.103. The summed E-state index contributed by atoms with van der Waals surface area (Å²) in [7, 11) is -2.05. The van der Waals surface area contributed by atoms with Gasteiger partial charge in [0.1, 0.15) is 22.8 Å². The van der Waals surface area contributed by atoms with Gasteiger partial charge in [-0.3, -0.25) is 4.79 Å².